The molecule has 0 radical (unpaired) electrons. The van der Waals surface area contributed by atoms with E-state index < -0.39 is 0 Å². The molecule has 7 nitrogen and oxygen atoms in total. The number of rotatable bonds is 5. The quantitative estimate of drug-likeness (QED) is 0.846. The fourth-order valence-corrected chi connectivity index (χ4v) is 3.62. The standard InChI is InChI=1S/C19H26N4O3/c1-12-18(13(2)26-22-12)19-15(11-24)5-6-16(21-19)14-4-3-9-23(10-14)17(25)7-8-20/h5-6,14,24H,3-4,7-11,20H2,1-2H3/t14-/m1/s1. The van der Waals surface area contributed by atoms with Crippen molar-refractivity contribution in [3.05, 3.63) is 34.8 Å². The van der Waals surface area contributed by atoms with E-state index in [-0.39, 0.29) is 18.4 Å². The summed E-state index contributed by atoms with van der Waals surface area (Å²) in [6.45, 7) is 5.43. The number of nitrogens with two attached hydrogens (primary N) is 1. The Morgan fingerprint density at radius 3 is 2.88 bits per heavy atom. The SMILES string of the molecule is Cc1noc(C)c1-c1nc([C@@H]2CCCN(C(=O)CCN)C2)ccc1CO. The molecule has 0 bridgehead atoms. The second kappa shape index (κ2) is 7.97. The third kappa shape index (κ3) is 3.64. The molecule has 1 fully saturated rings. The summed E-state index contributed by atoms with van der Waals surface area (Å²) < 4.78 is 5.27. The Morgan fingerprint density at radius 2 is 2.23 bits per heavy atom. The molecule has 26 heavy (non-hydrogen) atoms. The first-order valence-electron chi connectivity index (χ1n) is 9.07. The average Bonchev–Trinajstić information content (AvgIpc) is 2.99. The lowest BCUT2D eigenvalue weighted by atomic mass is 9.92. The van der Waals surface area contributed by atoms with Crippen molar-refractivity contribution in [2.45, 2.75) is 45.6 Å². The van der Waals surface area contributed by atoms with Crippen molar-refractivity contribution < 1.29 is 14.4 Å². The molecular formula is C19H26N4O3. The maximum atomic E-state index is 12.2. The van der Waals surface area contributed by atoms with Crippen LogP contribution in [-0.4, -0.2) is 45.7 Å². The number of aliphatic hydroxyl groups is 1. The highest BCUT2D eigenvalue weighted by atomic mass is 16.5. The molecule has 1 aliphatic rings. The number of aromatic nitrogens is 2. The number of nitrogens with zero attached hydrogens (tertiary/aromatic N) is 3. The van der Waals surface area contributed by atoms with Gasteiger partial charge in [-0.15, -0.1) is 0 Å². The van der Waals surface area contributed by atoms with E-state index in [4.69, 9.17) is 15.2 Å². The normalized spacial score (nSPS) is 17.5. The predicted octanol–water partition coefficient (Wildman–Crippen LogP) is 1.90. The highest BCUT2D eigenvalue weighted by molar-refractivity contribution is 5.76. The lowest BCUT2D eigenvalue weighted by molar-refractivity contribution is -0.132. The zero-order valence-electron chi connectivity index (χ0n) is 15.4. The summed E-state index contributed by atoms with van der Waals surface area (Å²) in [6, 6.07) is 3.86. The first-order chi connectivity index (χ1) is 12.5. The van der Waals surface area contributed by atoms with Crippen LogP contribution in [0.25, 0.3) is 11.3 Å². The van der Waals surface area contributed by atoms with Gasteiger partial charge in [-0.3, -0.25) is 9.78 Å². The van der Waals surface area contributed by atoms with Gasteiger partial charge in [0, 0.05) is 43.2 Å². The van der Waals surface area contributed by atoms with E-state index in [2.05, 4.69) is 5.16 Å². The van der Waals surface area contributed by atoms with E-state index in [9.17, 15) is 9.90 Å². The van der Waals surface area contributed by atoms with Crippen LogP contribution in [-0.2, 0) is 11.4 Å². The molecular weight excluding hydrogens is 332 g/mol. The second-order valence-corrected chi connectivity index (χ2v) is 6.82. The number of hydrogen-bond donors (Lipinski definition) is 2. The van der Waals surface area contributed by atoms with Crippen molar-refractivity contribution in [2.24, 2.45) is 5.73 Å². The Hall–Kier alpha value is -2.25. The molecule has 0 unspecified atom stereocenters. The Morgan fingerprint density at radius 1 is 1.42 bits per heavy atom. The molecule has 0 aliphatic carbocycles. The van der Waals surface area contributed by atoms with E-state index in [1.54, 1.807) is 0 Å². The zero-order chi connectivity index (χ0) is 18.7. The largest absolute Gasteiger partial charge is 0.392 e. The number of aryl methyl sites for hydroxylation is 2. The number of likely N-dealkylation sites (tertiary alicyclic amines) is 1. The molecule has 1 atom stereocenters. The van der Waals surface area contributed by atoms with Crippen LogP contribution in [0.4, 0.5) is 0 Å². The van der Waals surface area contributed by atoms with E-state index in [1.807, 2.05) is 30.9 Å². The molecule has 140 valence electrons. The minimum absolute atomic E-state index is 0.0988. The van der Waals surface area contributed by atoms with Gasteiger partial charge < -0.3 is 20.3 Å². The molecule has 3 N–H and O–H groups in total. The minimum atomic E-state index is -0.0988. The van der Waals surface area contributed by atoms with Crippen molar-refractivity contribution in [1.82, 2.24) is 15.0 Å². The van der Waals surface area contributed by atoms with Gasteiger partial charge >= 0.3 is 0 Å². The molecule has 3 rings (SSSR count). The Balaban J connectivity index is 1.91. The van der Waals surface area contributed by atoms with Gasteiger partial charge in [-0.2, -0.15) is 0 Å². The van der Waals surface area contributed by atoms with Crippen molar-refractivity contribution in [3.8, 4) is 11.3 Å². The van der Waals surface area contributed by atoms with E-state index >= 15 is 0 Å². The molecule has 1 amide bonds. The van der Waals surface area contributed by atoms with E-state index in [1.165, 1.54) is 0 Å². The summed E-state index contributed by atoms with van der Waals surface area (Å²) in [5.41, 5.74) is 9.50. The molecule has 0 aromatic carbocycles. The summed E-state index contributed by atoms with van der Waals surface area (Å²) >= 11 is 0. The smallest absolute Gasteiger partial charge is 0.223 e. The molecule has 2 aromatic rings. The molecule has 1 saturated heterocycles. The van der Waals surface area contributed by atoms with Gasteiger partial charge in [0.2, 0.25) is 5.91 Å². The van der Waals surface area contributed by atoms with Crippen LogP contribution in [0.2, 0.25) is 0 Å². The lowest BCUT2D eigenvalue weighted by Gasteiger charge is -2.32. The average molecular weight is 358 g/mol. The lowest BCUT2D eigenvalue weighted by Crippen LogP contribution is -2.40. The number of piperidine rings is 1. The first kappa shape index (κ1) is 18.5. The van der Waals surface area contributed by atoms with Gasteiger partial charge in [0.1, 0.15) is 5.76 Å². The van der Waals surface area contributed by atoms with Crippen LogP contribution in [0, 0.1) is 13.8 Å². The Labute approximate surface area is 153 Å². The highest BCUT2D eigenvalue weighted by Gasteiger charge is 2.26. The number of aliphatic hydroxyl groups excluding tert-OH is 1. The molecule has 1 aliphatic heterocycles. The third-order valence-electron chi connectivity index (χ3n) is 4.99. The summed E-state index contributed by atoms with van der Waals surface area (Å²) in [6.07, 6.45) is 2.32. The van der Waals surface area contributed by atoms with Crippen LogP contribution < -0.4 is 5.73 Å². The van der Waals surface area contributed by atoms with Crippen molar-refractivity contribution in [2.75, 3.05) is 19.6 Å². The van der Waals surface area contributed by atoms with Gasteiger partial charge in [-0.1, -0.05) is 11.2 Å². The van der Waals surface area contributed by atoms with Gasteiger partial charge in [0.25, 0.3) is 0 Å². The van der Waals surface area contributed by atoms with Crippen LogP contribution in [0.5, 0.6) is 0 Å². The molecule has 2 aromatic heterocycles. The van der Waals surface area contributed by atoms with Crippen molar-refractivity contribution in [1.29, 1.82) is 0 Å². The van der Waals surface area contributed by atoms with Gasteiger partial charge in [-0.05, 0) is 32.8 Å². The highest BCUT2D eigenvalue weighted by Crippen LogP contribution is 2.32. The third-order valence-corrected chi connectivity index (χ3v) is 4.99. The molecule has 0 saturated carbocycles. The van der Waals surface area contributed by atoms with E-state index in [0.29, 0.717) is 31.0 Å². The fraction of sp³-hybridized carbons (Fsp3) is 0.526. The molecule has 3 heterocycles. The van der Waals surface area contributed by atoms with Gasteiger partial charge in [0.15, 0.2) is 0 Å². The maximum absolute atomic E-state index is 12.2. The van der Waals surface area contributed by atoms with Gasteiger partial charge in [0.05, 0.1) is 23.6 Å². The van der Waals surface area contributed by atoms with Crippen LogP contribution in [0.15, 0.2) is 16.7 Å². The Bertz CT molecular complexity index is 768. The van der Waals surface area contributed by atoms with Crippen molar-refractivity contribution in [3.63, 3.8) is 0 Å². The second-order valence-electron chi connectivity index (χ2n) is 6.82. The van der Waals surface area contributed by atoms with Crippen LogP contribution in [0.1, 0.15) is 47.9 Å². The monoisotopic (exact) mass is 358 g/mol. The predicted molar refractivity (Wildman–Crippen MR) is 97.4 cm³/mol. The fourth-order valence-electron chi connectivity index (χ4n) is 3.62. The maximum Gasteiger partial charge on any atom is 0.223 e. The number of amides is 1. The number of pyridine rings is 1. The Kier molecular flexibility index (Phi) is 5.68. The van der Waals surface area contributed by atoms with Crippen LogP contribution >= 0.6 is 0 Å². The number of hydrogen-bond acceptors (Lipinski definition) is 6. The first-order valence-corrected chi connectivity index (χ1v) is 9.07. The number of carbonyl (C=O) groups is 1. The topological polar surface area (TPSA) is 105 Å². The summed E-state index contributed by atoms with van der Waals surface area (Å²) in [7, 11) is 0. The zero-order valence-corrected chi connectivity index (χ0v) is 15.4. The summed E-state index contributed by atoms with van der Waals surface area (Å²) in [4.78, 5) is 18.9. The minimum Gasteiger partial charge on any atom is -0.392 e. The van der Waals surface area contributed by atoms with Crippen LogP contribution in [0.3, 0.4) is 0 Å². The van der Waals surface area contributed by atoms with Gasteiger partial charge in [-0.25, -0.2) is 0 Å². The summed E-state index contributed by atoms with van der Waals surface area (Å²) in [5.74, 6) is 0.970. The molecule has 0 spiro atoms. The van der Waals surface area contributed by atoms with E-state index in [0.717, 1.165) is 41.9 Å². The summed E-state index contributed by atoms with van der Waals surface area (Å²) in [5, 5.41) is 13.7. The number of carbonyl (C=O) groups excluding carboxylic acids is 1. The molecule has 7 heteroatoms. The van der Waals surface area contributed by atoms with Crippen molar-refractivity contribution >= 4 is 5.91 Å².